The fourth-order valence-electron chi connectivity index (χ4n) is 3.24. The van der Waals surface area contributed by atoms with Crippen molar-refractivity contribution in [3.05, 3.63) is 59.3 Å². The van der Waals surface area contributed by atoms with E-state index in [1.165, 1.54) is 6.08 Å². The van der Waals surface area contributed by atoms with Crippen molar-refractivity contribution in [1.29, 1.82) is 0 Å². The Labute approximate surface area is 134 Å². The van der Waals surface area contributed by atoms with Crippen molar-refractivity contribution < 1.29 is 9.59 Å². The van der Waals surface area contributed by atoms with Gasteiger partial charge >= 0.3 is 0 Å². The van der Waals surface area contributed by atoms with Crippen molar-refractivity contribution in [1.82, 2.24) is 10.2 Å². The Kier molecular flexibility index (Phi) is 4.03. The predicted molar refractivity (Wildman–Crippen MR) is 85.2 cm³/mol. The molecular weight excluding hydrogens is 300 g/mol. The van der Waals surface area contributed by atoms with Gasteiger partial charge < -0.3 is 10.2 Å². The highest BCUT2D eigenvalue weighted by atomic mass is 35.5. The quantitative estimate of drug-likeness (QED) is 0.853. The molecule has 1 unspecified atom stereocenters. The molecule has 2 amide bonds. The first-order chi connectivity index (χ1) is 10.6. The summed E-state index contributed by atoms with van der Waals surface area (Å²) < 4.78 is 0. The summed E-state index contributed by atoms with van der Waals surface area (Å²) in [4.78, 5) is 26.0. The van der Waals surface area contributed by atoms with Crippen molar-refractivity contribution >= 4 is 23.4 Å². The SMILES string of the molecule is C=CC(=O)N1Cc2cc(Cl)ccc2[C@@H](C2CC=CNC2=O)C1. The van der Waals surface area contributed by atoms with Crippen molar-refractivity contribution in [2.24, 2.45) is 5.92 Å². The van der Waals surface area contributed by atoms with E-state index in [-0.39, 0.29) is 23.7 Å². The first-order valence-electron chi connectivity index (χ1n) is 7.25. The van der Waals surface area contributed by atoms with Gasteiger partial charge in [-0.1, -0.05) is 30.3 Å². The number of nitrogens with one attached hydrogen (secondary N) is 1. The Hall–Kier alpha value is -2.07. The second kappa shape index (κ2) is 5.97. The molecule has 0 bridgehead atoms. The van der Waals surface area contributed by atoms with E-state index >= 15 is 0 Å². The minimum atomic E-state index is -0.176. The van der Waals surface area contributed by atoms with E-state index < -0.39 is 0 Å². The topological polar surface area (TPSA) is 49.4 Å². The van der Waals surface area contributed by atoms with E-state index in [4.69, 9.17) is 11.6 Å². The Morgan fingerprint density at radius 3 is 2.95 bits per heavy atom. The van der Waals surface area contributed by atoms with E-state index in [9.17, 15) is 9.59 Å². The van der Waals surface area contributed by atoms with Gasteiger partial charge in [0.1, 0.15) is 0 Å². The van der Waals surface area contributed by atoms with Crippen LogP contribution in [-0.2, 0) is 16.1 Å². The van der Waals surface area contributed by atoms with Gasteiger partial charge in [0.15, 0.2) is 0 Å². The van der Waals surface area contributed by atoms with Crippen LogP contribution in [0.1, 0.15) is 23.5 Å². The van der Waals surface area contributed by atoms with Gasteiger partial charge in [0.05, 0.1) is 5.92 Å². The smallest absolute Gasteiger partial charge is 0.246 e. The molecule has 2 aliphatic heterocycles. The zero-order valence-electron chi connectivity index (χ0n) is 12.1. The average Bonchev–Trinajstić information content (AvgIpc) is 2.53. The van der Waals surface area contributed by atoms with Gasteiger partial charge in [-0.05, 0) is 42.0 Å². The number of carbonyl (C=O) groups excluding carboxylic acids is 2. The minimum Gasteiger partial charge on any atom is -0.334 e. The van der Waals surface area contributed by atoms with Crippen molar-refractivity contribution in [2.75, 3.05) is 6.54 Å². The van der Waals surface area contributed by atoms with E-state index in [2.05, 4.69) is 11.9 Å². The number of halogens is 1. The van der Waals surface area contributed by atoms with Gasteiger partial charge in [0, 0.05) is 24.0 Å². The number of amides is 2. The molecule has 0 aliphatic carbocycles. The van der Waals surface area contributed by atoms with Gasteiger partial charge in [0.25, 0.3) is 0 Å². The average molecular weight is 317 g/mol. The molecule has 0 aromatic heterocycles. The van der Waals surface area contributed by atoms with Crippen LogP contribution in [0.25, 0.3) is 0 Å². The molecule has 0 radical (unpaired) electrons. The van der Waals surface area contributed by atoms with Gasteiger partial charge in [-0.15, -0.1) is 0 Å². The van der Waals surface area contributed by atoms with Crippen LogP contribution in [-0.4, -0.2) is 23.3 Å². The van der Waals surface area contributed by atoms with Gasteiger partial charge in [-0.25, -0.2) is 0 Å². The second-order valence-corrected chi connectivity index (χ2v) is 6.06. The highest BCUT2D eigenvalue weighted by molar-refractivity contribution is 6.30. The maximum Gasteiger partial charge on any atom is 0.246 e. The minimum absolute atomic E-state index is 0.00121. The molecular formula is C17H17ClN2O2. The first kappa shape index (κ1) is 14.9. The van der Waals surface area contributed by atoms with Crippen molar-refractivity contribution in [2.45, 2.75) is 18.9 Å². The van der Waals surface area contributed by atoms with Crippen molar-refractivity contribution in [3.8, 4) is 0 Å². The van der Waals surface area contributed by atoms with E-state index in [1.54, 1.807) is 11.1 Å². The largest absolute Gasteiger partial charge is 0.334 e. The highest BCUT2D eigenvalue weighted by Crippen LogP contribution is 2.37. The zero-order chi connectivity index (χ0) is 15.7. The van der Waals surface area contributed by atoms with Gasteiger partial charge in [0.2, 0.25) is 11.8 Å². The molecule has 0 saturated heterocycles. The van der Waals surface area contributed by atoms with Crippen LogP contribution in [0.15, 0.2) is 43.1 Å². The fourth-order valence-corrected chi connectivity index (χ4v) is 3.43. The lowest BCUT2D eigenvalue weighted by Crippen LogP contribution is -2.43. The summed E-state index contributed by atoms with van der Waals surface area (Å²) >= 11 is 6.09. The number of benzene rings is 1. The number of rotatable bonds is 2. The Morgan fingerprint density at radius 2 is 2.23 bits per heavy atom. The van der Waals surface area contributed by atoms with E-state index in [0.717, 1.165) is 11.1 Å². The molecule has 2 heterocycles. The Balaban J connectivity index is 2.00. The molecule has 22 heavy (non-hydrogen) atoms. The Bertz CT molecular complexity index is 669. The molecule has 0 fully saturated rings. The Morgan fingerprint density at radius 1 is 1.41 bits per heavy atom. The third kappa shape index (κ3) is 2.66. The summed E-state index contributed by atoms with van der Waals surface area (Å²) in [5.74, 6) is -0.330. The second-order valence-electron chi connectivity index (χ2n) is 5.63. The highest BCUT2D eigenvalue weighted by Gasteiger charge is 2.36. The predicted octanol–water partition coefficient (Wildman–Crippen LogP) is 2.60. The zero-order valence-corrected chi connectivity index (χ0v) is 12.8. The van der Waals surface area contributed by atoms with Crippen LogP contribution >= 0.6 is 11.6 Å². The van der Waals surface area contributed by atoms with Crippen LogP contribution < -0.4 is 5.32 Å². The fraction of sp³-hybridized carbons (Fsp3) is 0.294. The van der Waals surface area contributed by atoms with Crippen LogP contribution in [0.4, 0.5) is 0 Å². The lowest BCUT2D eigenvalue weighted by Gasteiger charge is -2.38. The number of allylic oxidation sites excluding steroid dienone is 1. The molecule has 114 valence electrons. The van der Waals surface area contributed by atoms with E-state index in [1.807, 2.05) is 24.3 Å². The number of carbonyl (C=O) groups is 2. The number of fused-ring (bicyclic) bond motifs is 1. The summed E-state index contributed by atoms with van der Waals surface area (Å²) in [7, 11) is 0. The molecule has 3 rings (SSSR count). The summed E-state index contributed by atoms with van der Waals surface area (Å²) in [6.45, 7) is 4.57. The summed E-state index contributed by atoms with van der Waals surface area (Å²) in [5.41, 5.74) is 2.11. The number of hydrogen-bond donors (Lipinski definition) is 1. The summed E-state index contributed by atoms with van der Waals surface area (Å²) in [6.07, 6.45) is 5.62. The molecule has 0 saturated carbocycles. The van der Waals surface area contributed by atoms with Gasteiger partial charge in [-0.3, -0.25) is 9.59 Å². The lowest BCUT2D eigenvalue weighted by atomic mass is 9.78. The maximum absolute atomic E-state index is 12.2. The monoisotopic (exact) mass is 316 g/mol. The van der Waals surface area contributed by atoms with Crippen LogP contribution in [0.2, 0.25) is 5.02 Å². The molecule has 2 aliphatic rings. The van der Waals surface area contributed by atoms with Crippen molar-refractivity contribution in [3.63, 3.8) is 0 Å². The molecule has 1 N–H and O–H groups in total. The van der Waals surface area contributed by atoms with Crippen LogP contribution in [0.5, 0.6) is 0 Å². The molecule has 1 aromatic carbocycles. The normalized spacial score (nSPS) is 23.7. The van der Waals surface area contributed by atoms with Crippen LogP contribution in [0, 0.1) is 5.92 Å². The third-order valence-corrected chi connectivity index (χ3v) is 4.56. The number of hydrogen-bond acceptors (Lipinski definition) is 2. The van der Waals surface area contributed by atoms with Gasteiger partial charge in [-0.2, -0.15) is 0 Å². The third-order valence-electron chi connectivity index (χ3n) is 4.33. The standard InChI is InChI=1S/C17H17ClN2O2/c1-2-16(21)20-9-11-8-12(18)5-6-13(11)15(10-20)14-4-3-7-19-17(14)22/h2-3,5-8,14-15H,1,4,9-10H2,(H,19,22)/t14?,15-/m0/s1. The maximum atomic E-state index is 12.2. The molecule has 0 spiro atoms. The summed E-state index contributed by atoms with van der Waals surface area (Å²) in [5, 5.41) is 3.40. The summed E-state index contributed by atoms with van der Waals surface area (Å²) in [6, 6.07) is 5.70. The molecule has 5 heteroatoms. The molecule has 4 nitrogen and oxygen atoms in total. The van der Waals surface area contributed by atoms with Crippen LogP contribution in [0.3, 0.4) is 0 Å². The number of nitrogens with zero attached hydrogens (tertiary/aromatic N) is 1. The van der Waals surface area contributed by atoms with E-state index in [0.29, 0.717) is 24.5 Å². The molecule has 1 aromatic rings. The first-order valence-corrected chi connectivity index (χ1v) is 7.63. The molecule has 2 atom stereocenters. The lowest BCUT2D eigenvalue weighted by molar-refractivity contribution is -0.130.